The highest BCUT2D eigenvalue weighted by Crippen LogP contribution is 2.48. The Labute approximate surface area is 143 Å². The van der Waals surface area contributed by atoms with E-state index in [4.69, 9.17) is 25.1 Å². The van der Waals surface area contributed by atoms with Gasteiger partial charge >= 0.3 is 8.56 Å². The summed E-state index contributed by atoms with van der Waals surface area (Å²) < 4.78 is 18.3. The summed E-state index contributed by atoms with van der Waals surface area (Å²) in [6.45, 7) is 1.48. The van der Waals surface area contributed by atoms with Gasteiger partial charge in [-0.05, 0) is 57.2 Å². The minimum atomic E-state index is -2.38. The number of hydrogen-bond acceptors (Lipinski definition) is 5. The number of unbranched alkanes of at least 4 members (excludes halogenated alkanes) is 3. The van der Waals surface area contributed by atoms with Crippen LogP contribution in [0.2, 0.25) is 6.04 Å². The highest BCUT2D eigenvalue weighted by atomic mass is 28.4. The molecule has 23 heavy (non-hydrogen) atoms. The zero-order chi connectivity index (χ0) is 17.2. The molecule has 138 valence electrons. The predicted molar refractivity (Wildman–Crippen MR) is 97.5 cm³/mol. The van der Waals surface area contributed by atoms with Gasteiger partial charge in [0.15, 0.2) is 0 Å². The highest BCUT2D eigenvalue weighted by molar-refractivity contribution is 6.70. The van der Waals surface area contributed by atoms with E-state index in [1.165, 1.54) is 38.5 Å². The first-order chi connectivity index (χ1) is 11.2. The molecule has 0 radical (unpaired) electrons. The molecule has 5 nitrogen and oxygen atoms in total. The zero-order valence-electron chi connectivity index (χ0n) is 15.4. The molecule has 6 heteroatoms. The fourth-order valence-corrected chi connectivity index (χ4v) is 8.56. The van der Waals surface area contributed by atoms with Crippen LogP contribution in [-0.4, -0.2) is 48.2 Å². The normalized spacial score (nSPS) is 27.3. The number of hydrogen-bond donors (Lipinski definition) is 2. The van der Waals surface area contributed by atoms with Crippen molar-refractivity contribution in [1.29, 1.82) is 0 Å². The Morgan fingerprint density at radius 2 is 1.61 bits per heavy atom. The summed E-state index contributed by atoms with van der Waals surface area (Å²) in [4.78, 5) is 0. The van der Waals surface area contributed by atoms with Gasteiger partial charge in [-0.25, -0.2) is 0 Å². The number of nitrogens with two attached hydrogens (primary N) is 2. The monoisotopic (exact) mass is 346 g/mol. The molecule has 4 N–H and O–H groups in total. The molecule has 2 unspecified atom stereocenters. The van der Waals surface area contributed by atoms with Gasteiger partial charge in [0, 0.05) is 21.3 Å². The fraction of sp³-hybridized carbons (Fsp3) is 1.00. The van der Waals surface area contributed by atoms with E-state index in [-0.39, 0.29) is 5.22 Å². The van der Waals surface area contributed by atoms with Gasteiger partial charge in [0.1, 0.15) is 5.22 Å². The molecule has 1 aliphatic rings. The van der Waals surface area contributed by atoms with Crippen LogP contribution in [0.25, 0.3) is 0 Å². The molecule has 1 heterocycles. The Kier molecular flexibility index (Phi) is 9.88. The lowest BCUT2D eigenvalue weighted by Gasteiger charge is -2.52. The Balaban J connectivity index is 2.86. The quantitative estimate of drug-likeness (QED) is 0.419. The van der Waals surface area contributed by atoms with E-state index >= 15 is 0 Å². The first kappa shape index (κ1) is 21.1. The van der Waals surface area contributed by atoms with Crippen LogP contribution in [0, 0.1) is 5.92 Å². The van der Waals surface area contributed by atoms with Crippen LogP contribution in [0.15, 0.2) is 0 Å². The summed E-state index contributed by atoms with van der Waals surface area (Å²) in [7, 11) is 3.05. The smallest absolute Gasteiger partial charge is 0.371 e. The van der Waals surface area contributed by atoms with Crippen molar-refractivity contribution in [2.75, 3.05) is 34.4 Å². The summed E-state index contributed by atoms with van der Waals surface area (Å²) in [5.74, 6) is 0.511. The van der Waals surface area contributed by atoms with E-state index in [9.17, 15) is 0 Å². The first-order valence-corrected chi connectivity index (χ1v) is 11.2. The maximum atomic E-state index is 6.21. The molecule has 0 aromatic rings. The molecule has 0 aliphatic carbocycles. The fourth-order valence-electron chi connectivity index (χ4n) is 4.42. The van der Waals surface area contributed by atoms with E-state index in [1.807, 2.05) is 7.11 Å². The van der Waals surface area contributed by atoms with Gasteiger partial charge in [-0.15, -0.1) is 0 Å². The maximum Gasteiger partial charge on any atom is 0.371 e. The largest absolute Gasteiger partial charge is 0.396 e. The molecule has 1 fully saturated rings. The topological polar surface area (TPSA) is 79.7 Å². The predicted octanol–water partition coefficient (Wildman–Crippen LogP) is 2.70. The summed E-state index contributed by atoms with van der Waals surface area (Å²) in [6.07, 6.45) is 10.3. The lowest BCUT2D eigenvalue weighted by atomic mass is 9.87. The first-order valence-electron chi connectivity index (χ1n) is 9.22. The van der Waals surface area contributed by atoms with Crippen LogP contribution < -0.4 is 11.5 Å². The van der Waals surface area contributed by atoms with Crippen molar-refractivity contribution in [1.82, 2.24) is 0 Å². The third-order valence-corrected chi connectivity index (χ3v) is 10.1. The molecule has 0 bridgehead atoms. The molecule has 0 aromatic carbocycles. The van der Waals surface area contributed by atoms with Crippen molar-refractivity contribution in [3.05, 3.63) is 0 Å². The molecule has 0 aromatic heterocycles. The average Bonchev–Trinajstić information content (AvgIpc) is 2.60. The van der Waals surface area contributed by atoms with Crippen LogP contribution in [0.1, 0.15) is 57.8 Å². The van der Waals surface area contributed by atoms with E-state index in [1.54, 1.807) is 14.2 Å². The standard InChI is InChI=1S/C17H38N2O3Si/c1-20-17(12-9-14-19)16(10-6-4-5-7-13-18)11-8-15-23(17,21-2)22-3/h16H,4-15,18-19H2,1-3H3. The van der Waals surface area contributed by atoms with Gasteiger partial charge in [-0.2, -0.15) is 0 Å². The van der Waals surface area contributed by atoms with E-state index in [2.05, 4.69) is 0 Å². The van der Waals surface area contributed by atoms with Crippen LogP contribution >= 0.6 is 0 Å². The second-order valence-electron chi connectivity index (χ2n) is 6.73. The zero-order valence-corrected chi connectivity index (χ0v) is 16.4. The van der Waals surface area contributed by atoms with Crippen molar-refractivity contribution in [3.8, 4) is 0 Å². The SMILES string of the molecule is COC1(CCCN)C(CCCCCCN)CCC[Si]1(OC)OC. The van der Waals surface area contributed by atoms with Gasteiger partial charge in [-0.3, -0.25) is 0 Å². The molecule has 1 aliphatic heterocycles. The molecule has 1 rings (SSSR count). The summed E-state index contributed by atoms with van der Waals surface area (Å²) >= 11 is 0. The molecule has 2 atom stereocenters. The van der Waals surface area contributed by atoms with E-state index in [0.717, 1.165) is 31.9 Å². The molecule has 0 amide bonds. The van der Waals surface area contributed by atoms with Gasteiger partial charge in [0.05, 0.1) is 0 Å². The van der Waals surface area contributed by atoms with Gasteiger partial charge in [0.2, 0.25) is 0 Å². The molecule has 1 saturated heterocycles. The Morgan fingerprint density at radius 1 is 0.957 bits per heavy atom. The molecular formula is C17H38N2O3Si. The van der Waals surface area contributed by atoms with Gasteiger partial charge in [0.25, 0.3) is 0 Å². The van der Waals surface area contributed by atoms with Crippen LogP contribution in [0.3, 0.4) is 0 Å². The van der Waals surface area contributed by atoms with Crippen molar-refractivity contribution in [3.63, 3.8) is 0 Å². The highest BCUT2D eigenvalue weighted by Gasteiger charge is 2.62. The molecule has 0 saturated carbocycles. The van der Waals surface area contributed by atoms with Crippen molar-refractivity contribution < 1.29 is 13.6 Å². The second-order valence-corrected chi connectivity index (χ2v) is 10.4. The Bertz CT molecular complexity index is 316. The van der Waals surface area contributed by atoms with E-state index in [0.29, 0.717) is 12.5 Å². The number of rotatable bonds is 12. The van der Waals surface area contributed by atoms with Crippen molar-refractivity contribution >= 4 is 8.56 Å². The van der Waals surface area contributed by atoms with Gasteiger partial charge < -0.3 is 25.1 Å². The summed E-state index contributed by atoms with van der Waals surface area (Å²) in [6, 6.07) is 1.02. The summed E-state index contributed by atoms with van der Waals surface area (Å²) in [5, 5.41) is -0.262. The second kappa shape index (κ2) is 10.8. The van der Waals surface area contributed by atoms with E-state index < -0.39 is 8.56 Å². The minimum absolute atomic E-state index is 0.262. The minimum Gasteiger partial charge on any atom is -0.396 e. The average molecular weight is 347 g/mol. The van der Waals surface area contributed by atoms with Gasteiger partial charge in [-0.1, -0.05) is 25.7 Å². The van der Waals surface area contributed by atoms with Crippen LogP contribution in [0.4, 0.5) is 0 Å². The molecular weight excluding hydrogens is 308 g/mol. The number of methoxy groups -OCH3 is 1. The summed E-state index contributed by atoms with van der Waals surface area (Å²) in [5.41, 5.74) is 11.4. The third-order valence-electron chi connectivity index (χ3n) is 5.65. The van der Waals surface area contributed by atoms with Crippen LogP contribution in [-0.2, 0) is 13.6 Å². The van der Waals surface area contributed by atoms with Crippen molar-refractivity contribution in [2.45, 2.75) is 69.1 Å². The third kappa shape index (κ3) is 4.77. The molecule has 0 spiro atoms. The maximum absolute atomic E-state index is 6.21. The van der Waals surface area contributed by atoms with Crippen molar-refractivity contribution in [2.24, 2.45) is 17.4 Å². The van der Waals surface area contributed by atoms with Crippen LogP contribution in [0.5, 0.6) is 0 Å². The Morgan fingerprint density at radius 3 is 2.17 bits per heavy atom. The number of ether oxygens (including phenoxy) is 1. The lowest BCUT2D eigenvalue weighted by Crippen LogP contribution is -2.68. The Hall–Kier alpha value is 0.0169. The lowest BCUT2D eigenvalue weighted by molar-refractivity contribution is -0.0570.